The molecule has 11 aromatic rings. The molecule has 0 saturated heterocycles. The zero-order valence-electron chi connectivity index (χ0n) is 43.6. The highest BCUT2D eigenvalue weighted by atomic mass is 16.5. The van der Waals surface area contributed by atoms with Crippen LogP contribution in [-0.2, 0) is 16.2 Å². The van der Waals surface area contributed by atoms with Crippen LogP contribution in [0.1, 0.15) is 84.6 Å². The van der Waals surface area contributed by atoms with Crippen molar-refractivity contribution in [3.63, 3.8) is 0 Å². The number of para-hydroxylation sites is 4. The predicted molar refractivity (Wildman–Crippen MR) is 306 cm³/mol. The Morgan fingerprint density at radius 3 is 1.73 bits per heavy atom. The number of pyridine rings is 1. The van der Waals surface area contributed by atoms with E-state index in [2.05, 4.69) is 247 Å². The summed E-state index contributed by atoms with van der Waals surface area (Å²) in [5, 5.41) is 4.57. The Hall–Kier alpha value is -8.09. The molecule has 0 bridgehead atoms. The van der Waals surface area contributed by atoms with E-state index < -0.39 is 0 Å². The van der Waals surface area contributed by atoms with Crippen LogP contribution in [0.4, 0.5) is 22.7 Å². The molecule has 6 heteroatoms. The molecule has 0 saturated carbocycles. The topological polar surface area (TPSA) is 46.7 Å². The third-order valence-electron chi connectivity index (χ3n) is 14.9. The number of anilines is 4. The molecule has 0 N–H and O–H groups in total. The molecule has 0 unspecified atom stereocenters. The smallest absolute Gasteiger partial charge is 0.137 e. The highest BCUT2D eigenvalue weighted by Gasteiger charge is 2.31. The van der Waals surface area contributed by atoms with Gasteiger partial charge in [-0.05, 0) is 147 Å². The molecule has 1 aliphatic heterocycles. The SMILES string of the molecule is Cc1cc(-n2c3ccccc3c3ccc(Oc4cc(N5CN(c6cc(C(C)(C)C)cc(C(C)(C)C)c6)c6ccccc65)cc(C(C)(C)C)c4)cc32)ncc1-c1cccc(-c2ccc3c(c2)oc2ccccc23)c1. The van der Waals surface area contributed by atoms with E-state index >= 15 is 0 Å². The first-order valence-corrected chi connectivity index (χ1v) is 25.6. The van der Waals surface area contributed by atoms with Crippen molar-refractivity contribution in [1.29, 1.82) is 0 Å². The molecule has 0 amide bonds. The monoisotopic (exact) mass is 954 g/mol. The number of rotatable bonds is 7. The van der Waals surface area contributed by atoms with Gasteiger partial charge in [0.2, 0.25) is 0 Å². The van der Waals surface area contributed by atoms with Gasteiger partial charge in [-0.1, -0.05) is 141 Å². The Morgan fingerprint density at radius 1 is 0.452 bits per heavy atom. The van der Waals surface area contributed by atoms with Gasteiger partial charge in [0.15, 0.2) is 0 Å². The van der Waals surface area contributed by atoms with Crippen LogP contribution in [0.5, 0.6) is 11.5 Å². The van der Waals surface area contributed by atoms with Crippen molar-refractivity contribution in [3.05, 3.63) is 204 Å². The molecule has 4 heterocycles. The van der Waals surface area contributed by atoms with E-state index in [1.165, 1.54) is 39.1 Å². The normalized spacial score (nSPS) is 13.2. The Morgan fingerprint density at radius 2 is 1.03 bits per heavy atom. The molecule has 0 radical (unpaired) electrons. The number of aryl methyl sites for hydroxylation is 1. The van der Waals surface area contributed by atoms with Gasteiger partial charge in [-0.3, -0.25) is 4.57 Å². The second-order valence-corrected chi connectivity index (χ2v) is 23.1. The van der Waals surface area contributed by atoms with Crippen LogP contribution in [0.2, 0.25) is 0 Å². The van der Waals surface area contributed by atoms with Gasteiger partial charge in [0.25, 0.3) is 0 Å². The number of aromatic nitrogens is 2. The van der Waals surface area contributed by atoms with Crippen molar-refractivity contribution in [3.8, 4) is 39.6 Å². The summed E-state index contributed by atoms with van der Waals surface area (Å²) in [5.74, 6) is 2.41. The maximum Gasteiger partial charge on any atom is 0.137 e. The third-order valence-corrected chi connectivity index (χ3v) is 14.9. The van der Waals surface area contributed by atoms with Gasteiger partial charge in [-0.25, -0.2) is 4.98 Å². The standard InChI is InChI=1S/C67H62N4O2/c1-42-30-64(68-40-57(42)45-19-17-18-43(31-45)44-26-28-56-55-21-12-16-25-62(55)73-63(56)32-44)71-58-22-13-11-20-53(58)54-29-27-51(39-61(54)71)72-52-37-48(67(8,9)10)36-50(38-52)70-41-69(59-23-14-15-24-60(59)70)49-34-46(65(2,3)4)33-47(35-49)66(5,6)7/h11-40H,41H2,1-10H3. The minimum absolute atomic E-state index is 0.00256. The summed E-state index contributed by atoms with van der Waals surface area (Å²) < 4.78 is 15.6. The van der Waals surface area contributed by atoms with Crippen LogP contribution < -0.4 is 14.5 Å². The van der Waals surface area contributed by atoms with Gasteiger partial charge in [0.1, 0.15) is 35.2 Å². The lowest BCUT2D eigenvalue weighted by molar-refractivity contribution is 0.479. The summed E-state index contributed by atoms with van der Waals surface area (Å²) in [6, 6.07) is 63.5. The fraction of sp³-hybridized carbons (Fsp3) is 0.209. The second-order valence-electron chi connectivity index (χ2n) is 23.1. The van der Waals surface area contributed by atoms with Crippen LogP contribution in [0.25, 0.3) is 71.8 Å². The first-order chi connectivity index (χ1) is 34.9. The summed E-state index contributed by atoms with van der Waals surface area (Å²) in [6.07, 6.45) is 2.02. The van der Waals surface area contributed by atoms with Crippen LogP contribution in [0.15, 0.2) is 187 Å². The maximum atomic E-state index is 7.02. The highest BCUT2D eigenvalue weighted by Crippen LogP contribution is 2.48. The van der Waals surface area contributed by atoms with E-state index in [1.54, 1.807) is 0 Å². The Labute approximate surface area is 429 Å². The van der Waals surface area contributed by atoms with Crippen molar-refractivity contribution in [1.82, 2.24) is 9.55 Å². The number of fused-ring (bicyclic) bond motifs is 7. The molecule has 73 heavy (non-hydrogen) atoms. The van der Waals surface area contributed by atoms with Crippen molar-refractivity contribution in [2.75, 3.05) is 16.5 Å². The number of nitrogens with zero attached hydrogens (tertiary/aromatic N) is 4. The van der Waals surface area contributed by atoms with Gasteiger partial charge in [0.05, 0.1) is 22.4 Å². The van der Waals surface area contributed by atoms with E-state index in [9.17, 15) is 0 Å². The highest BCUT2D eigenvalue weighted by molar-refractivity contribution is 6.10. The molecule has 0 aliphatic carbocycles. The van der Waals surface area contributed by atoms with Gasteiger partial charge in [-0.15, -0.1) is 0 Å². The number of benzene rings is 8. The predicted octanol–water partition coefficient (Wildman–Crippen LogP) is 18.7. The lowest BCUT2D eigenvalue weighted by Crippen LogP contribution is -2.26. The second kappa shape index (κ2) is 17.0. The van der Waals surface area contributed by atoms with Crippen molar-refractivity contribution in [2.24, 2.45) is 0 Å². The minimum Gasteiger partial charge on any atom is -0.457 e. The zero-order valence-corrected chi connectivity index (χ0v) is 43.6. The summed E-state index contributed by atoms with van der Waals surface area (Å²) in [6.45, 7) is 23.5. The van der Waals surface area contributed by atoms with E-state index in [1.807, 2.05) is 18.3 Å². The summed E-state index contributed by atoms with van der Waals surface area (Å²) >= 11 is 0. The average molecular weight is 955 g/mol. The molecule has 0 fully saturated rings. The molecule has 6 nitrogen and oxygen atoms in total. The van der Waals surface area contributed by atoms with Crippen molar-refractivity contribution in [2.45, 2.75) is 85.5 Å². The summed E-state index contributed by atoms with van der Waals surface area (Å²) in [7, 11) is 0. The van der Waals surface area contributed by atoms with Gasteiger partial charge >= 0.3 is 0 Å². The number of hydrogen-bond acceptors (Lipinski definition) is 5. The fourth-order valence-corrected chi connectivity index (χ4v) is 10.7. The van der Waals surface area contributed by atoms with Gasteiger partial charge < -0.3 is 19.0 Å². The Balaban J connectivity index is 0.892. The number of hydrogen-bond donors (Lipinski definition) is 0. The van der Waals surface area contributed by atoms with Crippen LogP contribution in [0, 0.1) is 6.92 Å². The van der Waals surface area contributed by atoms with Crippen molar-refractivity contribution < 1.29 is 9.15 Å². The lowest BCUT2D eigenvalue weighted by atomic mass is 9.80. The maximum absolute atomic E-state index is 7.02. The molecule has 0 spiro atoms. The molecular formula is C67H62N4O2. The molecule has 0 atom stereocenters. The summed E-state index contributed by atoms with van der Waals surface area (Å²) in [5.41, 5.74) is 17.9. The number of ether oxygens (including phenoxy) is 1. The average Bonchev–Trinajstić information content (AvgIpc) is 4.05. The third kappa shape index (κ3) is 8.29. The Bertz CT molecular complexity index is 3930. The molecule has 8 aromatic carbocycles. The van der Waals surface area contributed by atoms with Crippen LogP contribution in [0.3, 0.4) is 0 Å². The zero-order chi connectivity index (χ0) is 50.6. The minimum atomic E-state index is -0.132. The van der Waals surface area contributed by atoms with Gasteiger partial charge in [-0.2, -0.15) is 0 Å². The quantitative estimate of drug-likeness (QED) is 0.159. The molecule has 362 valence electrons. The Kier molecular flexibility index (Phi) is 10.7. The molecule has 12 rings (SSSR count). The van der Waals surface area contributed by atoms with E-state index in [-0.39, 0.29) is 16.2 Å². The molecular weight excluding hydrogens is 893 g/mol. The fourth-order valence-electron chi connectivity index (χ4n) is 10.7. The first-order valence-electron chi connectivity index (χ1n) is 25.6. The molecule has 3 aromatic heterocycles. The first kappa shape index (κ1) is 46.0. The van der Waals surface area contributed by atoms with E-state index in [0.717, 1.165) is 89.2 Å². The number of furan rings is 1. The van der Waals surface area contributed by atoms with E-state index in [0.29, 0.717) is 6.67 Å². The lowest BCUT2D eigenvalue weighted by Gasteiger charge is -2.29. The van der Waals surface area contributed by atoms with Gasteiger partial charge in [0, 0.05) is 56.8 Å². The summed E-state index contributed by atoms with van der Waals surface area (Å²) in [4.78, 5) is 10.1. The van der Waals surface area contributed by atoms with Crippen LogP contribution >= 0.6 is 0 Å². The molecule has 1 aliphatic rings. The van der Waals surface area contributed by atoms with E-state index in [4.69, 9.17) is 14.1 Å². The van der Waals surface area contributed by atoms with Crippen LogP contribution in [-0.4, -0.2) is 16.2 Å². The largest absolute Gasteiger partial charge is 0.457 e. The van der Waals surface area contributed by atoms with Crippen molar-refractivity contribution >= 4 is 66.5 Å².